The Morgan fingerprint density at radius 3 is 2.52 bits per heavy atom. The Bertz CT molecular complexity index is 548. The average molecular weight is 337 g/mol. The smallest absolute Gasteiger partial charge is 0.254 e. The van der Waals surface area contributed by atoms with Gasteiger partial charge >= 0.3 is 0 Å². The van der Waals surface area contributed by atoms with Crippen LogP contribution in [-0.4, -0.2) is 43.1 Å². The van der Waals surface area contributed by atoms with Crippen molar-refractivity contribution in [2.75, 3.05) is 26.2 Å². The molecule has 0 radical (unpaired) electrons. The molecule has 4 rings (SSSR count). The van der Waals surface area contributed by atoms with E-state index in [0.717, 1.165) is 50.3 Å². The van der Waals surface area contributed by atoms with Gasteiger partial charge in [0.05, 0.1) is 6.10 Å². The number of carbonyl (C=O) groups is 1. The number of carbonyl (C=O) groups excluding carboxylic acids is 1. The molecule has 23 heavy (non-hydrogen) atoms. The summed E-state index contributed by atoms with van der Waals surface area (Å²) in [5, 5.41) is 3.42. The maximum absolute atomic E-state index is 12.7. The van der Waals surface area contributed by atoms with Crippen LogP contribution in [0.15, 0.2) is 24.3 Å². The molecule has 1 N–H and O–H groups in total. The second-order valence-electron chi connectivity index (χ2n) is 6.94. The van der Waals surface area contributed by atoms with Crippen molar-refractivity contribution >= 4 is 18.3 Å². The van der Waals surface area contributed by atoms with E-state index in [1.807, 2.05) is 29.2 Å². The normalized spacial score (nSPS) is 26.9. The maximum Gasteiger partial charge on any atom is 0.254 e. The van der Waals surface area contributed by atoms with Crippen LogP contribution in [0.25, 0.3) is 0 Å². The Morgan fingerprint density at radius 2 is 1.83 bits per heavy atom. The van der Waals surface area contributed by atoms with Gasteiger partial charge in [0.25, 0.3) is 5.91 Å². The summed E-state index contributed by atoms with van der Waals surface area (Å²) in [6.45, 7) is 3.90. The SMILES string of the molecule is Cl.O=C(c1cccc(OC2CCCC2)c1)N1C[C@H]2CNC[C@H]2C1. The van der Waals surface area contributed by atoms with E-state index in [4.69, 9.17) is 4.74 Å². The van der Waals surface area contributed by atoms with Crippen molar-refractivity contribution in [1.82, 2.24) is 10.2 Å². The van der Waals surface area contributed by atoms with Crippen molar-refractivity contribution in [2.45, 2.75) is 31.8 Å². The van der Waals surface area contributed by atoms with Gasteiger partial charge in [0.15, 0.2) is 0 Å². The average Bonchev–Trinajstić information content (AvgIpc) is 3.23. The Hall–Kier alpha value is -1.26. The number of likely N-dealkylation sites (tertiary alicyclic amines) is 1. The molecule has 126 valence electrons. The molecule has 3 fully saturated rings. The van der Waals surface area contributed by atoms with Crippen LogP contribution in [0.1, 0.15) is 36.0 Å². The molecule has 1 amide bonds. The van der Waals surface area contributed by atoms with E-state index in [1.54, 1.807) is 0 Å². The molecule has 2 atom stereocenters. The van der Waals surface area contributed by atoms with Crippen molar-refractivity contribution < 1.29 is 9.53 Å². The number of hydrogen-bond donors (Lipinski definition) is 1. The summed E-state index contributed by atoms with van der Waals surface area (Å²) < 4.78 is 6.02. The molecule has 2 aliphatic heterocycles. The number of nitrogens with one attached hydrogen (secondary N) is 1. The zero-order valence-corrected chi connectivity index (χ0v) is 14.2. The highest BCUT2D eigenvalue weighted by Crippen LogP contribution is 2.29. The fraction of sp³-hybridized carbons (Fsp3) is 0.611. The van der Waals surface area contributed by atoms with Gasteiger partial charge in [-0.15, -0.1) is 12.4 Å². The zero-order chi connectivity index (χ0) is 14.9. The molecular formula is C18H25ClN2O2. The van der Waals surface area contributed by atoms with Crippen LogP contribution in [-0.2, 0) is 0 Å². The van der Waals surface area contributed by atoms with Crippen LogP contribution in [0, 0.1) is 11.8 Å². The van der Waals surface area contributed by atoms with E-state index in [9.17, 15) is 4.79 Å². The minimum atomic E-state index is 0. The molecule has 0 bridgehead atoms. The van der Waals surface area contributed by atoms with Gasteiger partial charge in [-0.3, -0.25) is 4.79 Å². The third kappa shape index (κ3) is 3.48. The summed E-state index contributed by atoms with van der Waals surface area (Å²) >= 11 is 0. The monoisotopic (exact) mass is 336 g/mol. The second-order valence-corrected chi connectivity index (χ2v) is 6.94. The highest BCUT2D eigenvalue weighted by Gasteiger charge is 2.38. The molecule has 0 aromatic heterocycles. The van der Waals surface area contributed by atoms with Crippen LogP contribution in [0.4, 0.5) is 0 Å². The highest BCUT2D eigenvalue weighted by molar-refractivity contribution is 5.94. The molecule has 2 heterocycles. The Labute approximate surface area is 144 Å². The molecule has 0 spiro atoms. The molecule has 1 aromatic rings. The van der Waals surface area contributed by atoms with Gasteiger partial charge in [0.1, 0.15) is 5.75 Å². The number of nitrogens with zero attached hydrogens (tertiary/aromatic N) is 1. The number of halogens is 1. The Balaban J connectivity index is 0.00000156. The molecule has 1 aliphatic carbocycles. The molecule has 3 aliphatic rings. The number of benzene rings is 1. The lowest BCUT2D eigenvalue weighted by Crippen LogP contribution is -2.31. The summed E-state index contributed by atoms with van der Waals surface area (Å²) in [5.74, 6) is 2.29. The van der Waals surface area contributed by atoms with Gasteiger partial charge < -0.3 is 15.0 Å². The van der Waals surface area contributed by atoms with E-state index in [0.29, 0.717) is 17.9 Å². The molecule has 0 unspecified atom stereocenters. The summed E-state index contributed by atoms with van der Waals surface area (Å²) in [4.78, 5) is 14.7. The third-order valence-electron chi connectivity index (χ3n) is 5.36. The molecule has 1 aromatic carbocycles. The Morgan fingerprint density at radius 1 is 1.13 bits per heavy atom. The van der Waals surface area contributed by atoms with Crippen molar-refractivity contribution in [3.63, 3.8) is 0 Å². The zero-order valence-electron chi connectivity index (χ0n) is 13.4. The predicted molar refractivity (Wildman–Crippen MR) is 92.3 cm³/mol. The lowest BCUT2D eigenvalue weighted by molar-refractivity contribution is 0.0781. The first-order valence-corrected chi connectivity index (χ1v) is 8.56. The first kappa shape index (κ1) is 16.6. The standard InChI is InChI=1S/C18H24N2O2.ClH/c21-18(20-11-14-9-19-10-15(14)12-20)13-4-3-7-17(8-13)22-16-5-1-2-6-16;/h3-4,7-8,14-16,19H,1-2,5-6,9-12H2;1H/t14-,15+;. The van der Waals surface area contributed by atoms with Crippen molar-refractivity contribution in [3.05, 3.63) is 29.8 Å². The van der Waals surface area contributed by atoms with Crippen molar-refractivity contribution in [1.29, 1.82) is 0 Å². The van der Waals surface area contributed by atoms with Crippen LogP contribution in [0.3, 0.4) is 0 Å². The Kier molecular flexibility index (Phi) is 5.12. The van der Waals surface area contributed by atoms with Gasteiger partial charge in [-0.1, -0.05) is 6.07 Å². The summed E-state index contributed by atoms with van der Waals surface area (Å²) in [5.41, 5.74) is 0.767. The minimum Gasteiger partial charge on any atom is -0.490 e. The fourth-order valence-electron chi connectivity index (χ4n) is 4.10. The van der Waals surface area contributed by atoms with E-state index in [1.165, 1.54) is 12.8 Å². The van der Waals surface area contributed by atoms with Crippen molar-refractivity contribution in [3.8, 4) is 5.75 Å². The lowest BCUT2D eigenvalue weighted by Gasteiger charge is -2.19. The predicted octanol–water partition coefficient (Wildman–Crippen LogP) is 2.72. The lowest BCUT2D eigenvalue weighted by atomic mass is 10.0. The second kappa shape index (κ2) is 7.10. The largest absolute Gasteiger partial charge is 0.490 e. The van der Waals surface area contributed by atoms with Gasteiger partial charge in [0.2, 0.25) is 0 Å². The fourth-order valence-corrected chi connectivity index (χ4v) is 4.10. The van der Waals surface area contributed by atoms with E-state index in [-0.39, 0.29) is 18.3 Å². The number of rotatable bonds is 3. The summed E-state index contributed by atoms with van der Waals surface area (Å²) in [7, 11) is 0. The molecule has 2 saturated heterocycles. The number of fused-ring (bicyclic) bond motifs is 1. The van der Waals surface area contributed by atoms with Crippen LogP contribution in [0.2, 0.25) is 0 Å². The van der Waals surface area contributed by atoms with E-state index in [2.05, 4.69) is 5.32 Å². The molecule has 4 nitrogen and oxygen atoms in total. The topological polar surface area (TPSA) is 41.6 Å². The van der Waals surface area contributed by atoms with Gasteiger partial charge in [-0.25, -0.2) is 0 Å². The van der Waals surface area contributed by atoms with Crippen LogP contribution in [0.5, 0.6) is 5.75 Å². The van der Waals surface area contributed by atoms with Gasteiger partial charge in [0, 0.05) is 31.7 Å². The summed E-state index contributed by atoms with van der Waals surface area (Å²) in [6, 6.07) is 7.75. The third-order valence-corrected chi connectivity index (χ3v) is 5.36. The van der Waals surface area contributed by atoms with E-state index >= 15 is 0 Å². The first-order chi connectivity index (χ1) is 10.8. The minimum absolute atomic E-state index is 0. The molecule has 1 saturated carbocycles. The quantitative estimate of drug-likeness (QED) is 0.922. The molecule has 5 heteroatoms. The van der Waals surface area contributed by atoms with E-state index < -0.39 is 0 Å². The molecular weight excluding hydrogens is 312 g/mol. The van der Waals surface area contributed by atoms with Crippen molar-refractivity contribution in [2.24, 2.45) is 11.8 Å². The number of amides is 1. The van der Waals surface area contributed by atoms with Gasteiger partial charge in [-0.05, 0) is 55.7 Å². The highest BCUT2D eigenvalue weighted by atomic mass is 35.5. The number of ether oxygens (including phenoxy) is 1. The number of hydrogen-bond acceptors (Lipinski definition) is 3. The first-order valence-electron chi connectivity index (χ1n) is 8.56. The van der Waals surface area contributed by atoms with Gasteiger partial charge in [-0.2, -0.15) is 0 Å². The van der Waals surface area contributed by atoms with Crippen LogP contribution >= 0.6 is 12.4 Å². The van der Waals surface area contributed by atoms with Crippen LogP contribution < -0.4 is 10.1 Å². The summed E-state index contributed by atoms with van der Waals surface area (Å²) in [6.07, 6.45) is 5.13. The maximum atomic E-state index is 12.7.